The van der Waals surface area contributed by atoms with Crippen LogP contribution >= 0.6 is 0 Å². The average Bonchev–Trinajstić information content (AvgIpc) is 2.80. The number of benzene rings is 1. The summed E-state index contributed by atoms with van der Waals surface area (Å²) >= 11 is 0. The van der Waals surface area contributed by atoms with Gasteiger partial charge in [-0.1, -0.05) is 24.3 Å². The molecular weight excluding hydrogens is 407 g/mol. The van der Waals surface area contributed by atoms with Crippen LogP contribution < -0.4 is 0 Å². The van der Waals surface area contributed by atoms with Crippen LogP contribution in [-0.2, 0) is 10.9 Å². The number of halogens is 3. The van der Waals surface area contributed by atoms with Crippen molar-refractivity contribution in [1.82, 2.24) is 14.9 Å². The predicted octanol–water partition coefficient (Wildman–Crippen LogP) is 4.27. The quantitative estimate of drug-likeness (QED) is 0.657. The second-order valence-electron chi connectivity index (χ2n) is 7.34. The van der Waals surface area contributed by atoms with Crippen molar-refractivity contribution >= 4 is 0 Å². The summed E-state index contributed by atoms with van der Waals surface area (Å²) in [7, 11) is 0. The van der Waals surface area contributed by atoms with Crippen LogP contribution in [-0.4, -0.2) is 46.3 Å². The van der Waals surface area contributed by atoms with Crippen molar-refractivity contribution in [3.63, 3.8) is 0 Å². The Bertz CT molecular complexity index is 1010. The summed E-state index contributed by atoms with van der Waals surface area (Å²) in [6, 6.07) is 11.6. The minimum Gasteiger partial charge on any atom is -0.386 e. The van der Waals surface area contributed by atoms with E-state index in [1.165, 1.54) is 12.3 Å². The highest BCUT2D eigenvalue weighted by Gasteiger charge is 2.33. The molecule has 1 aliphatic rings. The predicted molar refractivity (Wildman–Crippen MR) is 109 cm³/mol. The molecule has 31 heavy (non-hydrogen) atoms. The zero-order chi connectivity index (χ0) is 21.8. The molecule has 2 atom stereocenters. The molecule has 0 saturated carbocycles. The first-order valence-corrected chi connectivity index (χ1v) is 9.97. The van der Waals surface area contributed by atoms with Gasteiger partial charge in [0.2, 0.25) is 0 Å². The second-order valence-corrected chi connectivity index (χ2v) is 7.34. The molecule has 0 amide bonds. The summed E-state index contributed by atoms with van der Waals surface area (Å²) in [6.45, 7) is 2.32. The van der Waals surface area contributed by atoms with Crippen molar-refractivity contribution in [3.8, 4) is 11.3 Å². The molecule has 0 aliphatic carbocycles. The third kappa shape index (κ3) is 4.76. The molecular formula is C23H22F3N3O2. The van der Waals surface area contributed by atoms with Gasteiger partial charge in [-0.05, 0) is 29.8 Å². The Morgan fingerprint density at radius 2 is 1.77 bits per heavy atom. The fraction of sp³-hybridized carbons (Fsp3) is 0.304. The van der Waals surface area contributed by atoms with Crippen molar-refractivity contribution in [2.24, 2.45) is 0 Å². The maximum Gasteiger partial charge on any atom is 0.416 e. The molecule has 1 aliphatic heterocycles. The minimum absolute atomic E-state index is 0.302. The molecule has 1 N–H and O–H groups in total. The number of alkyl halides is 3. The third-order valence-corrected chi connectivity index (χ3v) is 5.38. The Morgan fingerprint density at radius 3 is 2.48 bits per heavy atom. The molecule has 2 aromatic heterocycles. The van der Waals surface area contributed by atoms with Crippen molar-refractivity contribution in [1.29, 1.82) is 0 Å². The van der Waals surface area contributed by atoms with Gasteiger partial charge in [0.15, 0.2) is 0 Å². The first-order valence-electron chi connectivity index (χ1n) is 9.97. The topological polar surface area (TPSA) is 58.5 Å². The number of aliphatic hydroxyl groups is 1. The van der Waals surface area contributed by atoms with Crippen LogP contribution in [0.1, 0.15) is 28.8 Å². The Labute approximate surface area is 178 Å². The van der Waals surface area contributed by atoms with E-state index in [1.807, 2.05) is 6.07 Å². The van der Waals surface area contributed by atoms with Gasteiger partial charge in [-0.25, -0.2) is 0 Å². The maximum atomic E-state index is 13.2. The third-order valence-electron chi connectivity index (χ3n) is 5.38. The molecule has 4 rings (SSSR count). The molecule has 8 heteroatoms. The number of hydrogen-bond acceptors (Lipinski definition) is 5. The summed E-state index contributed by atoms with van der Waals surface area (Å²) in [5.41, 5.74) is 1.14. The standard InChI is InChI=1S/C23H22F3N3O2/c24-23(25,26)18-6-1-4-16(14-18)20-19(7-3-9-28-20)22(30)21(17-5-2-8-27-15-17)29-10-12-31-13-11-29/h1-9,14-15,21-22,30H,10-13H2/t21-,22+/m0/s1. The molecule has 162 valence electrons. The number of morpholine rings is 1. The average molecular weight is 429 g/mol. The highest BCUT2D eigenvalue weighted by atomic mass is 19.4. The van der Waals surface area contributed by atoms with Gasteiger partial charge in [0.25, 0.3) is 0 Å². The van der Waals surface area contributed by atoms with E-state index in [9.17, 15) is 18.3 Å². The summed E-state index contributed by atoms with van der Waals surface area (Å²) in [5, 5.41) is 11.5. The fourth-order valence-corrected chi connectivity index (χ4v) is 3.91. The highest BCUT2D eigenvalue weighted by molar-refractivity contribution is 5.64. The lowest BCUT2D eigenvalue weighted by Crippen LogP contribution is -2.41. The van der Waals surface area contributed by atoms with E-state index in [0.29, 0.717) is 43.1 Å². The molecule has 1 saturated heterocycles. The monoisotopic (exact) mass is 429 g/mol. The second kappa shape index (κ2) is 9.13. The van der Waals surface area contributed by atoms with Gasteiger partial charge in [0.05, 0.1) is 30.5 Å². The molecule has 1 fully saturated rings. The van der Waals surface area contributed by atoms with E-state index in [2.05, 4.69) is 14.9 Å². The fourth-order valence-electron chi connectivity index (χ4n) is 3.91. The van der Waals surface area contributed by atoms with Gasteiger partial charge in [-0.2, -0.15) is 13.2 Å². The Morgan fingerprint density at radius 1 is 1.00 bits per heavy atom. The lowest BCUT2D eigenvalue weighted by Gasteiger charge is -2.37. The Kier molecular flexibility index (Phi) is 6.31. The van der Waals surface area contributed by atoms with Crippen LogP contribution in [0.4, 0.5) is 13.2 Å². The van der Waals surface area contributed by atoms with Crippen LogP contribution in [0.2, 0.25) is 0 Å². The molecule has 0 radical (unpaired) electrons. The Hall–Kier alpha value is -2.81. The SMILES string of the molecule is O[C@H](c1cccnc1-c1cccc(C(F)(F)F)c1)[C@H](c1cccnc1)N1CCOCC1. The number of pyridine rings is 2. The van der Waals surface area contributed by atoms with Gasteiger partial charge in [0, 0.05) is 42.8 Å². The van der Waals surface area contributed by atoms with Crippen LogP contribution in [0, 0.1) is 0 Å². The smallest absolute Gasteiger partial charge is 0.386 e. The van der Waals surface area contributed by atoms with Crippen molar-refractivity contribution in [2.45, 2.75) is 18.3 Å². The van der Waals surface area contributed by atoms with Crippen LogP contribution in [0.5, 0.6) is 0 Å². The zero-order valence-electron chi connectivity index (χ0n) is 16.7. The highest BCUT2D eigenvalue weighted by Crippen LogP contribution is 2.39. The number of aliphatic hydroxyl groups excluding tert-OH is 1. The van der Waals surface area contributed by atoms with Gasteiger partial charge < -0.3 is 9.84 Å². The molecule has 3 heterocycles. The van der Waals surface area contributed by atoms with Crippen LogP contribution in [0.15, 0.2) is 67.1 Å². The first-order chi connectivity index (χ1) is 14.9. The van der Waals surface area contributed by atoms with E-state index >= 15 is 0 Å². The number of nitrogens with zero attached hydrogens (tertiary/aromatic N) is 3. The van der Waals surface area contributed by atoms with Gasteiger partial charge in [-0.3, -0.25) is 14.9 Å². The van der Waals surface area contributed by atoms with Gasteiger partial charge in [0.1, 0.15) is 6.10 Å². The summed E-state index contributed by atoms with van der Waals surface area (Å²) in [6.07, 6.45) is -0.621. The number of aromatic nitrogens is 2. The van der Waals surface area contributed by atoms with Crippen molar-refractivity contribution < 1.29 is 23.0 Å². The van der Waals surface area contributed by atoms with E-state index < -0.39 is 23.9 Å². The lowest BCUT2D eigenvalue weighted by molar-refractivity contribution is -0.137. The largest absolute Gasteiger partial charge is 0.416 e. The molecule has 1 aromatic carbocycles. The molecule has 0 bridgehead atoms. The van der Waals surface area contributed by atoms with Gasteiger partial charge >= 0.3 is 6.18 Å². The van der Waals surface area contributed by atoms with Crippen molar-refractivity contribution in [2.75, 3.05) is 26.3 Å². The number of hydrogen-bond donors (Lipinski definition) is 1. The number of ether oxygens (including phenoxy) is 1. The first kappa shape index (κ1) is 21.4. The summed E-state index contributed by atoms with van der Waals surface area (Å²) in [5.74, 6) is 0. The lowest BCUT2D eigenvalue weighted by atomic mass is 9.92. The normalized spacial score (nSPS) is 17.3. The molecule has 5 nitrogen and oxygen atoms in total. The van der Waals surface area contributed by atoms with E-state index in [4.69, 9.17) is 4.74 Å². The van der Waals surface area contributed by atoms with E-state index in [-0.39, 0.29) is 0 Å². The molecule has 0 unspecified atom stereocenters. The summed E-state index contributed by atoms with van der Waals surface area (Å²) in [4.78, 5) is 10.6. The minimum atomic E-state index is -4.46. The number of rotatable bonds is 5. The van der Waals surface area contributed by atoms with Crippen LogP contribution in [0.25, 0.3) is 11.3 Å². The van der Waals surface area contributed by atoms with E-state index in [0.717, 1.165) is 17.7 Å². The van der Waals surface area contributed by atoms with Gasteiger partial charge in [-0.15, -0.1) is 0 Å². The molecule has 3 aromatic rings. The van der Waals surface area contributed by atoms with E-state index in [1.54, 1.807) is 36.7 Å². The molecule has 0 spiro atoms. The zero-order valence-corrected chi connectivity index (χ0v) is 16.7. The summed E-state index contributed by atoms with van der Waals surface area (Å²) < 4.78 is 45.2. The van der Waals surface area contributed by atoms with Crippen molar-refractivity contribution in [3.05, 3.63) is 83.8 Å². The van der Waals surface area contributed by atoms with Crippen LogP contribution in [0.3, 0.4) is 0 Å². The maximum absolute atomic E-state index is 13.2. The Balaban J connectivity index is 1.76.